The number of hydrogen-bond donors (Lipinski definition) is 0. The van der Waals surface area contributed by atoms with Gasteiger partial charge in [-0.25, -0.2) is 4.68 Å². The van der Waals surface area contributed by atoms with Crippen LogP contribution in [0, 0.1) is 0 Å². The van der Waals surface area contributed by atoms with E-state index < -0.39 is 12.0 Å². The monoisotopic (exact) mass is 169 g/mol. The van der Waals surface area contributed by atoms with Crippen molar-refractivity contribution in [2.75, 3.05) is 0 Å². The van der Waals surface area contributed by atoms with Crippen LogP contribution in [0.1, 0.15) is 25.8 Å². The number of nitrogens with zero attached hydrogens (tertiary/aromatic N) is 4. The van der Waals surface area contributed by atoms with E-state index in [0.29, 0.717) is 6.42 Å². The fourth-order valence-corrected chi connectivity index (χ4v) is 0.943. The summed E-state index contributed by atoms with van der Waals surface area (Å²) in [4.78, 5) is 10.6. The highest BCUT2D eigenvalue weighted by atomic mass is 16.4. The van der Waals surface area contributed by atoms with Crippen molar-refractivity contribution >= 4 is 5.97 Å². The molecule has 0 aliphatic heterocycles. The van der Waals surface area contributed by atoms with E-state index in [1.807, 2.05) is 6.92 Å². The SMILES string of the molecule is CCC[C@H](C(=O)[O-])n1cnnn1. The van der Waals surface area contributed by atoms with E-state index in [1.54, 1.807) is 0 Å². The molecule has 1 rings (SSSR count). The summed E-state index contributed by atoms with van der Waals surface area (Å²) in [6.07, 6.45) is 2.50. The Morgan fingerprint density at radius 3 is 2.92 bits per heavy atom. The highest BCUT2D eigenvalue weighted by molar-refractivity contribution is 5.69. The lowest BCUT2D eigenvalue weighted by Gasteiger charge is -2.15. The lowest BCUT2D eigenvalue weighted by molar-refractivity contribution is -0.310. The number of carbonyl (C=O) groups is 1. The molecular weight excluding hydrogens is 160 g/mol. The maximum Gasteiger partial charge on any atom is 0.138 e. The molecule has 6 nitrogen and oxygen atoms in total. The van der Waals surface area contributed by atoms with Crippen molar-refractivity contribution in [3.63, 3.8) is 0 Å². The van der Waals surface area contributed by atoms with Crippen molar-refractivity contribution in [3.05, 3.63) is 6.33 Å². The summed E-state index contributed by atoms with van der Waals surface area (Å²) >= 11 is 0. The molecule has 0 aromatic carbocycles. The molecule has 1 aromatic heterocycles. The van der Waals surface area contributed by atoms with Gasteiger partial charge in [0.05, 0.1) is 12.0 Å². The van der Waals surface area contributed by atoms with Gasteiger partial charge in [0.25, 0.3) is 0 Å². The van der Waals surface area contributed by atoms with Crippen LogP contribution in [0.4, 0.5) is 0 Å². The van der Waals surface area contributed by atoms with Crippen molar-refractivity contribution in [2.45, 2.75) is 25.8 Å². The van der Waals surface area contributed by atoms with Crippen molar-refractivity contribution in [1.82, 2.24) is 20.2 Å². The summed E-state index contributed by atoms with van der Waals surface area (Å²) < 4.78 is 1.19. The Balaban J connectivity index is 2.73. The molecule has 0 saturated carbocycles. The summed E-state index contributed by atoms with van der Waals surface area (Å²) in [5.41, 5.74) is 0. The van der Waals surface area contributed by atoms with Gasteiger partial charge in [0.1, 0.15) is 6.33 Å². The van der Waals surface area contributed by atoms with E-state index in [4.69, 9.17) is 0 Å². The predicted octanol–water partition coefficient (Wildman–Crippen LogP) is -1.24. The fraction of sp³-hybridized carbons (Fsp3) is 0.667. The number of aromatic nitrogens is 4. The third-order valence-electron chi connectivity index (χ3n) is 1.52. The molecule has 0 spiro atoms. The topological polar surface area (TPSA) is 83.7 Å². The quantitative estimate of drug-likeness (QED) is 0.563. The van der Waals surface area contributed by atoms with E-state index in [1.165, 1.54) is 11.0 Å². The first-order valence-corrected chi connectivity index (χ1v) is 3.69. The zero-order valence-corrected chi connectivity index (χ0v) is 6.67. The van der Waals surface area contributed by atoms with Gasteiger partial charge in [-0.2, -0.15) is 0 Å². The molecule has 0 fully saturated rings. The Bertz CT molecular complexity index is 246. The molecular formula is C6H9N4O2-. The van der Waals surface area contributed by atoms with Crippen LogP contribution in [0.2, 0.25) is 0 Å². The molecule has 0 saturated heterocycles. The van der Waals surface area contributed by atoms with E-state index in [2.05, 4.69) is 15.5 Å². The van der Waals surface area contributed by atoms with Gasteiger partial charge < -0.3 is 9.90 Å². The zero-order valence-electron chi connectivity index (χ0n) is 6.67. The number of hydrogen-bond acceptors (Lipinski definition) is 5. The van der Waals surface area contributed by atoms with Crippen LogP contribution >= 0.6 is 0 Å². The maximum atomic E-state index is 10.6. The number of aliphatic carboxylic acids is 1. The first-order valence-electron chi connectivity index (χ1n) is 3.69. The smallest absolute Gasteiger partial charge is 0.138 e. The van der Waals surface area contributed by atoms with Gasteiger partial charge in [0, 0.05) is 0 Å². The highest BCUT2D eigenvalue weighted by Crippen LogP contribution is 2.09. The molecule has 12 heavy (non-hydrogen) atoms. The molecule has 66 valence electrons. The zero-order chi connectivity index (χ0) is 8.97. The highest BCUT2D eigenvalue weighted by Gasteiger charge is 2.11. The van der Waals surface area contributed by atoms with Crippen LogP contribution in [0.5, 0.6) is 0 Å². The van der Waals surface area contributed by atoms with Crippen molar-refractivity contribution in [1.29, 1.82) is 0 Å². The number of carboxylic acid groups (broad SMARTS) is 1. The average Bonchev–Trinajstić information content (AvgIpc) is 2.51. The Hall–Kier alpha value is -1.46. The number of rotatable bonds is 4. The minimum Gasteiger partial charge on any atom is -0.548 e. The Kier molecular flexibility index (Phi) is 2.73. The number of carbonyl (C=O) groups excluding carboxylic acids is 1. The normalized spacial score (nSPS) is 12.8. The van der Waals surface area contributed by atoms with Crippen molar-refractivity contribution in [3.8, 4) is 0 Å². The summed E-state index contributed by atoms with van der Waals surface area (Å²) in [5.74, 6) is -1.15. The standard InChI is InChI=1S/C6H10N4O2/c1-2-3-5(6(11)12)10-4-7-8-9-10/h4-5H,2-3H2,1H3,(H,11,12)/p-1/t5-/m1/s1. The van der Waals surface area contributed by atoms with Crippen LogP contribution in [0.25, 0.3) is 0 Å². The molecule has 0 aliphatic carbocycles. The maximum absolute atomic E-state index is 10.6. The summed E-state index contributed by atoms with van der Waals surface area (Å²) in [7, 11) is 0. The molecule has 0 bridgehead atoms. The fourth-order valence-electron chi connectivity index (χ4n) is 0.943. The summed E-state index contributed by atoms with van der Waals surface area (Å²) in [6.45, 7) is 1.89. The molecule has 1 atom stereocenters. The molecule has 0 N–H and O–H groups in total. The van der Waals surface area contributed by atoms with Gasteiger partial charge in [-0.1, -0.05) is 13.3 Å². The van der Waals surface area contributed by atoms with E-state index in [-0.39, 0.29) is 0 Å². The Labute approximate surface area is 69.2 Å². The molecule has 0 aliphatic rings. The van der Waals surface area contributed by atoms with Gasteiger partial charge in [-0.3, -0.25) is 0 Å². The second kappa shape index (κ2) is 3.80. The molecule has 0 amide bonds. The van der Waals surface area contributed by atoms with Gasteiger partial charge in [-0.15, -0.1) is 5.10 Å². The first-order chi connectivity index (χ1) is 5.75. The Morgan fingerprint density at radius 2 is 2.50 bits per heavy atom. The Morgan fingerprint density at radius 1 is 1.75 bits per heavy atom. The molecule has 6 heteroatoms. The second-order valence-electron chi connectivity index (χ2n) is 2.41. The van der Waals surface area contributed by atoms with Gasteiger partial charge >= 0.3 is 0 Å². The van der Waals surface area contributed by atoms with Crippen LogP contribution in [0.3, 0.4) is 0 Å². The van der Waals surface area contributed by atoms with E-state index >= 15 is 0 Å². The van der Waals surface area contributed by atoms with Crippen molar-refractivity contribution in [2.24, 2.45) is 0 Å². The lowest BCUT2D eigenvalue weighted by atomic mass is 10.2. The van der Waals surface area contributed by atoms with Crippen molar-refractivity contribution < 1.29 is 9.90 Å². The summed E-state index contributed by atoms with van der Waals surface area (Å²) in [5, 5.41) is 20.7. The van der Waals surface area contributed by atoms with Gasteiger partial charge in [0.15, 0.2) is 0 Å². The minimum atomic E-state index is -1.15. The average molecular weight is 169 g/mol. The van der Waals surface area contributed by atoms with Crippen LogP contribution < -0.4 is 5.11 Å². The molecule has 1 aromatic rings. The third-order valence-corrected chi connectivity index (χ3v) is 1.52. The summed E-state index contributed by atoms with van der Waals surface area (Å²) in [6, 6.07) is -0.745. The largest absolute Gasteiger partial charge is 0.548 e. The number of tetrazole rings is 1. The predicted molar refractivity (Wildman–Crippen MR) is 36.8 cm³/mol. The first kappa shape index (κ1) is 8.63. The van der Waals surface area contributed by atoms with Crippen LogP contribution in [0.15, 0.2) is 6.33 Å². The van der Waals surface area contributed by atoms with Gasteiger partial charge in [-0.05, 0) is 16.8 Å². The van der Waals surface area contributed by atoms with Crippen LogP contribution in [-0.4, -0.2) is 26.2 Å². The number of carboxylic acids is 1. The third kappa shape index (κ3) is 1.77. The molecule has 1 heterocycles. The van der Waals surface area contributed by atoms with E-state index in [9.17, 15) is 9.90 Å². The van der Waals surface area contributed by atoms with Gasteiger partial charge in [0.2, 0.25) is 0 Å². The minimum absolute atomic E-state index is 0.480. The molecule has 0 radical (unpaired) electrons. The second-order valence-corrected chi connectivity index (χ2v) is 2.41. The lowest BCUT2D eigenvalue weighted by Crippen LogP contribution is -2.33. The molecule has 0 unspecified atom stereocenters. The van der Waals surface area contributed by atoms with Crippen LogP contribution in [-0.2, 0) is 4.79 Å². The van der Waals surface area contributed by atoms with E-state index in [0.717, 1.165) is 6.42 Å².